The molecule has 0 radical (unpaired) electrons. The van der Waals surface area contributed by atoms with Crippen molar-refractivity contribution in [1.29, 1.82) is 0 Å². The Kier molecular flexibility index (Phi) is 5.46. The number of rotatable bonds is 9. The zero-order valence-electron chi connectivity index (χ0n) is 13.2. The maximum atomic E-state index is 12.4. The van der Waals surface area contributed by atoms with Gasteiger partial charge in [-0.2, -0.15) is 0 Å². The molecule has 1 heterocycles. The van der Waals surface area contributed by atoms with E-state index in [1.54, 1.807) is 6.07 Å². The Hall–Kier alpha value is -0.430. The lowest BCUT2D eigenvalue weighted by atomic mass is 10.1. The van der Waals surface area contributed by atoms with Crippen molar-refractivity contribution in [3.8, 4) is 0 Å². The summed E-state index contributed by atoms with van der Waals surface area (Å²) >= 11 is 1.38. The van der Waals surface area contributed by atoms with E-state index in [4.69, 9.17) is 0 Å². The molecule has 0 bridgehead atoms. The number of thiophene rings is 1. The second-order valence-electron chi connectivity index (χ2n) is 6.03. The molecule has 0 amide bonds. The largest absolute Gasteiger partial charge is 0.312 e. The number of nitrogens with one attached hydrogen (secondary N) is 2. The lowest BCUT2D eigenvalue weighted by Gasteiger charge is -2.12. The number of sulfonamides is 1. The summed E-state index contributed by atoms with van der Waals surface area (Å²) in [6, 6.07) is 1.79. The average molecular weight is 331 g/mol. The van der Waals surface area contributed by atoms with Gasteiger partial charge in [0.1, 0.15) is 4.21 Å². The standard InChI is InChI=1S/C15H26N2O2S2/c1-4-8-16-10-13-12(3)9-14(20-13)21(18,19)17-11-15(5-2)6-7-15/h9,16-17H,4-8,10-11H2,1-3H3. The number of hydrogen-bond donors (Lipinski definition) is 2. The van der Waals surface area contributed by atoms with Gasteiger partial charge in [0.25, 0.3) is 0 Å². The van der Waals surface area contributed by atoms with Gasteiger partial charge in [0.15, 0.2) is 0 Å². The topological polar surface area (TPSA) is 58.2 Å². The van der Waals surface area contributed by atoms with E-state index in [2.05, 4.69) is 23.9 Å². The molecule has 6 heteroatoms. The van der Waals surface area contributed by atoms with E-state index in [0.29, 0.717) is 10.8 Å². The third kappa shape index (κ3) is 4.28. The Morgan fingerprint density at radius 1 is 1.33 bits per heavy atom. The fourth-order valence-electron chi connectivity index (χ4n) is 2.33. The molecule has 1 aliphatic carbocycles. The van der Waals surface area contributed by atoms with Crippen LogP contribution in [-0.4, -0.2) is 21.5 Å². The highest BCUT2D eigenvalue weighted by Gasteiger charge is 2.41. The molecular formula is C15H26N2O2S2. The van der Waals surface area contributed by atoms with Crippen molar-refractivity contribution >= 4 is 21.4 Å². The SMILES string of the molecule is CCCNCc1sc(S(=O)(=O)NCC2(CC)CC2)cc1C. The van der Waals surface area contributed by atoms with Gasteiger partial charge in [0, 0.05) is 18.0 Å². The second-order valence-corrected chi connectivity index (χ2v) is 9.16. The van der Waals surface area contributed by atoms with Gasteiger partial charge in [-0.05, 0) is 56.2 Å². The first-order valence-corrected chi connectivity index (χ1v) is 10.0. The smallest absolute Gasteiger partial charge is 0.250 e. The fourth-order valence-corrected chi connectivity index (χ4v) is 5.09. The van der Waals surface area contributed by atoms with Crippen LogP contribution in [0.3, 0.4) is 0 Å². The quantitative estimate of drug-likeness (QED) is 0.684. The molecule has 0 unspecified atom stereocenters. The molecule has 1 saturated carbocycles. The lowest BCUT2D eigenvalue weighted by Crippen LogP contribution is -2.29. The van der Waals surface area contributed by atoms with Crippen molar-refractivity contribution < 1.29 is 8.42 Å². The van der Waals surface area contributed by atoms with Crippen LogP contribution in [0.15, 0.2) is 10.3 Å². The van der Waals surface area contributed by atoms with Crippen LogP contribution < -0.4 is 10.0 Å². The van der Waals surface area contributed by atoms with Gasteiger partial charge in [0.2, 0.25) is 10.0 Å². The highest BCUT2D eigenvalue weighted by atomic mass is 32.2. The normalized spacial score (nSPS) is 17.1. The van der Waals surface area contributed by atoms with Gasteiger partial charge < -0.3 is 5.32 Å². The van der Waals surface area contributed by atoms with E-state index in [1.807, 2.05) is 6.92 Å². The lowest BCUT2D eigenvalue weighted by molar-refractivity contribution is 0.476. The van der Waals surface area contributed by atoms with E-state index >= 15 is 0 Å². The first kappa shape index (κ1) is 16.9. The fraction of sp³-hybridized carbons (Fsp3) is 0.733. The molecule has 0 aromatic carbocycles. The summed E-state index contributed by atoms with van der Waals surface area (Å²) < 4.78 is 28.0. The van der Waals surface area contributed by atoms with Crippen LogP contribution in [0.2, 0.25) is 0 Å². The van der Waals surface area contributed by atoms with Crippen molar-refractivity contribution in [2.75, 3.05) is 13.1 Å². The predicted octanol–water partition coefficient (Wildman–Crippen LogP) is 3.02. The first-order valence-electron chi connectivity index (χ1n) is 7.72. The Balaban J connectivity index is 2.01. The van der Waals surface area contributed by atoms with Crippen LogP contribution in [0.4, 0.5) is 0 Å². The number of aryl methyl sites for hydroxylation is 1. The van der Waals surface area contributed by atoms with E-state index in [0.717, 1.165) is 49.2 Å². The summed E-state index contributed by atoms with van der Waals surface area (Å²) in [6.45, 7) is 8.51. The van der Waals surface area contributed by atoms with Crippen LogP contribution in [0, 0.1) is 12.3 Å². The summed E-state index contributed by atoms with van der Waals surface area (Å²) in [7, 11) is -3.36. The third-order valence-electron chi connectivity index (χ3n) is 4.32. The summed E-state index contributed by atoms with van der Waals surface area (Å²) in [6.07, 6.45) is 4.41. The van der Waals surface area contributed by atoms with Crippen molar-refractivity contribution in [3.05, 3.63) is 16.5 Å². The van der Waals surface area contributed by atoms with Gasteiger partial charge >= 0.3 is 0 Å². The minimum atomic E-state index is -3.36. The van der Waals surface area contributed by atoms with Crippen LogP contribution in [0.5, 0.6) is 0 Å². The number of hydrogen-bond acceptors (Lipinski definition) is 4. The Morgan fingerprint density at radius 3 is 2.62 bits per heavy atom. The molecule has 2 N–H and O–H groups in total. The van der Waals surface area contributed by atoms with E-state index < -0.39 is 10.0 Å². The Labute approximate surface area is 132 Å². The molecule has 21 heavy (non-hydrogen) atoms. The first-order chi connectivity index (χ1) is 9.92. The monoisotopic (exact) mass is 330 g/mol. The van der Waals surface area contributed by atoms with Gasteiger partial charge in [-0.1, -0.05) is 13.8 Å². The molecule has 0 spiro atoms. The molecule has 2 rings (SSSR count). The molecule has 0 aliphatic heterocycles. The van der Waals surface area contributed by atoms with Crippen LogP contribution >= 0.6 is 11.3 Å². The van der Waals surface area contributed by atoms with Gasteiger partial charge in [-0.15, -0.1) is 11.3 Å². The minimum absolute atomic E-state index is 0.227. The molecule has 0 atom stereocenters. The van der Waals surface area contributed by atoms with E-state index in [1.165, 1.54) is 11.3 Å². The third-order valence-corrected chi connectivity index (χ3v) is 7.43. The molecule has 1 aromatic heterocycles. The zero-order valence-corrected chi connectivity index (χ0v) is 14.8. The highest BCUT2D eigenvalue weighted by molar-refractivity contribution is 7.91. The Morgan fingerprint density at radius 2 is 2.05 bits per heavy atom. The zero-order chi connectivity index (χ0) is 15.5. The second kappa shape index (κ2) is 6.77. The van der Waals surface area contributed by atoms with E-state index in [-0.39, 0.29) is 5.41 Å². The summed E-state index contributed by atoms with van der Waals surface area (Å²) in [5.41, 5.74) is 1.28. The van der Waals surface area contributed by atoms with Gasteiger partial charge in [0.05, 0.1) is 0 Å². The molecule has 4 nitrogen and oxygen atoms in total. The van der Waals surface area contributed by atoms with Crippen molar-refractivity contribution in [1.82, 2.24) is 10.0 Å². The summed E-state index contributed by atoms with van der Waals surface area (Å²) in [5.74, 6) is 0. The van der Waals surface area contributed by atoms with Gasteiger partial charge in [-0.25, -0.2) is 13.1 Å². The predicted molar refractivity (Wildman–Crippen MR) is 88.2 cm³/mol. The molecular weight excluding hydrogens is 304 g/mol. The van der Waals surface area contributed by atoms with E-state index in [9.17, 15) is 8.42 Å². The minimum Gasteiger partial charge on any atom is -0.312 e. The van der Waals surface area contributed by atoms with Crippen molar-refractivity contribution in [2.45, 2.75) is 57.2 Å². The Bertz CT molecular complexity index is 574. The molecule has 0 saturated heterocycles. The van der Waals surface area contributed by atoms with Crippen LogP contribution in [0.1, 0.15) is 50.0 Å². The molecule has 1 aromatic rings. The van der Waals surface area contributed by atoms with Crippen LogP contribution in [-0.2, 0) is 16.6 Å². The van der Waals surface area contributed by atoms with Gasteiger partial charge in [-0.3, -0.25) is 0 Å². The molecule has 120 valence electrons. The van der Waals surface area contributed by atoms with Crippen molar-refractivity contribution in [3.63, 3.8) is 0 Å². The molecule has 1 fully saturated rings. The maximum Gasteiger partial charge on any atom is 0.250 e. The maximum absolute atomic E-state index is 12.4. The van der Waals surface area contributed by atoms with Crippen LogP contribution in [0.25, 0.3) is 0 Å². The average Bonchev–Trinajstić information content (AvgIpc) is 3.15. The summed E-state index contributed by atoms with van der Waals surface area (Å²) in [4.78, 5) is 1.11. The summed E-state index contributed by atoms with van der Waals surface area (Å²) in [5, 5.41) is 3.33. The van der Waals surface area contributed by atoms with Crippen molar-refractivity contribution in [2.24, 2.45) is 5.41 Å². The highest BCUT2D eigenvalue weighted by Crippen LogP contribution is 2.48. The molecule has 1 aliphatic rings.